The molecule has 2 aromatic rings. The minimum Gasteiger partial charge on any atom is -0.147 e. The van der Waals surface area contributed by atoms with Gasteiger partial charge in [-0.1, -0.05) is 0 Å². The normalized spacial score (nSPS) is 18.9. The third-order valence-electron chi connectivity index (χ3n) is 5.62. The number of amides is 1. The van der Waals surface area contributed by atoms with Crippen LogP contribution in [0.2, 0.25) is 0 Å². The molecular weight excluding hydrogens is 463 g/mol. The molecule has 0 N–H and O–H groups in total. The number of halogens is 1. The van der Waals surface area contributed by atoms with Crippen molar-refractivity contribution in [2.24, 2.45) is 0 Å². The molecular formula is C23H27ClN4OSe. The number of benzene rings is 2. The Bertz CT molecular complexity index is 950. The Kier molecular flexibility index (Phi) is 7.04. The summed E-state index contributed by atoms with van der Waals surface area (Å²) in [5.74, 6) is -0.0201. The molecule has 4 rings (SSSR count). The van der Waals surface area contributed by atoms with Crippen LogP contribution in [0.4, 0.5) is 11.4 Å². The number of anilines is 2. The van der Waals surface area contributed by atoms with Crippen LogP contribution in [0.5, 0.6) is 0 Å². The fourth-order valence-corrected chi connectivity index (χ4v) is 4.28. The van der Waals surface area contributed by atoms with Gasteiger partial charge in [0.15, 0.2) is 0 Å². The predicted octanol–water partition coefficient (Wildman–Crippen LogP) is 2.74. The van der Waals surface area contributed by atoms with Crippen molar-refractivity contribution >= 4 is 56.0 Å². The van der Waals surface area contributed by atoms with Crippen molar-refractivity contribution in [2.75, 3.05) is 50.1 Å². The second-order valence-electron chi connectivity index (χ2n) is 7.73. The SMILES string of the molecule is Cc1ccc(N2C(=O)C(=Cc3ccc(N4CCN(C)CC4)cc3)N(C)C2=[Se])cc1.Cl. The summed E-state index contributed by atoms with van der Waals surface area (Å²) in [4.78, 5) is 21.5. The van der Waals surface area contributed by atoms with Crippen molar-refractivity contribution in [1.82, 2.24) is 9.80 Å². The molecule has 1 amide bonds. The van der Waals surface area contributed by atoms with E-state index in [1.807, 2.05) is 49.2 Å². The molecule has 7 heteroatoms. The summed E-state index contributed by atoms with van der Waals surface area (Å²) in [5, 5.41) is 0. The number of likely N-dealkylation sites (N-methyl/N-ethyl adjacent to an activating group) is 2. The van der Waals surface area contributed by atoms with E-state index >= 15 is 0 Å². The maximum atomic E-state index is 13.1. The van der Waals surface area contributed by atoms with Gasteiger partial charge in [-0.15, -0.1) is 12.4 Å². The molecule has 0 saturated carbocycles. The zero-order chi connectivity index (χ0) is 20.5. The van der Waals surface area contributed by atoms with Crippen LogP contribution in [0.15, 0.2) is 54.2 Å². The van der Waals surface area contributed by atoms with Gasteiger partial charge >= 0.3 is 173 Å². The molecule has 2 aliphatic heterocycles. The van der Waals surface area contributed by atoms with Gasteiger partial charge in [-0.25, -0.2) is 0 Å². The van der Waals surface area contributed by atoms with Crippen LogP contribution in [0.3, 0.4) is 0 Å². The summed E-state index contributed by atoms with van der Waals surface area (Å²) >= 11 is 3.05. The van der Waals surface area contributed by atoms with Gasteiger partial charge in [0.25, 0.3) is 0 Å². The van der Waals surface area contributed by atoms with Crippen molar-refractivity contribution in [2.45, 2.75) is 6.92 Å². The van der Waals surface area contributed by atoms with Gasteiger partial charge in [-0.05, 0) is 7.05 Å². The Balaban J connectivity index is 0.00000256. The molecule has 2 aromatic carbocycles. The van der Waals surface area contributed by atoms with E-state index in [0.717, 1.165) is 42.1 Å². The number of carbonyl (C=O) groups is 1. The van der Waals surface area contributed by atoms with E-state index in [-0.39, 0.29) is 18.3 Å². The van der Waals surface area contributed by atoms with Crippen LogP contribution in [-0.4, -0.2) is 76.2 Å². The number of rotatable bonds is 3. The van der Waals surface area contributed by atoms with Gasteiger partial charge < -0.3 is 0 Å². The van der Waals surface area contributed by atoms with Crippen LogP contribution < -0.4 is 9.80 Å². The van der Waals surface area contributed by atoms with Gasteiger partial charge in [0.2, 0.25) is 0 Å². The van der Waals surface area contributed by atoms with Gasteiger partial charge in [0, 0.05) is 0 Å². The largest absolute Gasteiger partial charge is 0.147 e. The van der Waals surface area contributed by atoms with Crippen LogP contribution in [0.1, 0.15) is 11.1 Å². The van der Waals surface area contributed by atoms with Crippen molar-refractivity contribution < 1.29 is 4.79 Å². The quantitative estimate of drug-likeness (QED) is 0.490. The first kappa shape index (κ1) is 22.6. The zero-order valence-electron chi connectivity index (χ0n) is 17.5. The molecule has 0 aromatic heterocycles. The molecule has 0 aliphatic carbocycles. The molecule has 0 spiro atoms. The van der Waals surface area contributed by atoms with Crippen molar-refractivity contribution in [3.8, 4) is 0 Å². The number of hydrogen-bond acceptors (Lipinski definition) is 4. The van der Waals surface area contributed by atoms with E-state index in [2.05, 4.69) is 56.7 Å². The molecule has 2 heterocycles. The Morgan fingerprint density at radius 3 is 2.03 bits per heavy atom. The van der Waals surface area contributed by atoms with E-state index in [9.17, 15) is 4.79 Å². The second kappa shape index (κ2) is 9.36. The number of nitrogens with zero attached hydrogens (tertiary/aromatic N) is 4. The Labute approximate surface area is 192 Å². The minimum absolute atomic E-state index is 0. The van der Waals surface area contributed by atoms with Gasteiger partial charge in [-0.3, -0.25) is 0 Å². The number of carbonyl (C=O) groups excluding carboxylic acids is 1. The number of piperazine rings is 1. The predicted molar refractivity (Wildman–Crippen MR) is 129 cm³/mol. The van der Waals surface area contributed by atoms with Crippen molar-refractivity contribution in [1.29, 1.82) is 0 Å². The van der Waals surface area contributed by atoms with Crippen LogP contribution in [0, 0.1) is 6.92 Å². The van der Waals surface area contributed by atoms with Crippen LogP contribution in [0.25, 0.3) is 6.08 Å². The molecule has 0 atom stereocenters. The fraction of sp³-hybridized carbons (Fsp3) is 0.304. The maximum absolute atomic E-state index is 13.1. The first-order valence-corrected chi connectivity index (χ1v) is 10.7. The average molecular weight is 490 g/mol. The molecule has 0 bridgehead atoms. The second-order valence-corrected chi connectivity index (χ2v) is 8.50. The minimum atomic E-state index is -0.0201. The van der Waals surface area contributed by atoms with Crippen molar-refractivity contribution in [3.05, 3.63) is 65.4 Å². The molecule has 158 valence electrons. The van der Waals surface area contributed by atoms with E-state index in [1.54, 1.807) is 4.90 Å². The summed E-state index contributed by atoms with van der Waals surface area (Å²) in [5.41, 5.74) is 4.97. The monoisotopic (exact) mass is 490 g/mol. The fourth-order valence-electron chi connectivity index (χ4n) is 3.68. The van der Waals surface area contributed by atoms with Gasteiger partial charge in [0.05, 0.1) is 0 Å². The third kappa shape index (κ3) is 4.47. The molecule has 30 heavy (non-hydrogen) atoms. The first-order chi connectivity index (χ1) is 13.9. The summed E-state index contributed by atoms with van der Waals surface area (Å²) in [6, 6.07) is 16.5. The van der Waals surface area contributed by atoms with Crippen LogP contribution in [-0.2, 0) is 4.79 Å². The molecule has 5 nitrogen and oxygen atoms in total. The smallest absolute Gasteiger partial charge is 0.147 e. The summed E-state index contributed by atoms with van der Waals surface area (Å²) in [6.07, 6.45) is 1.96. The third-order valence-corrected chi connectivity index (χ3v) is 6.58. The Hall–Kier alpha value is -2.11. The number of aryl methyl sites for hydroxylation is 1. The molecule has 2 saturated heterocycles. The Morgan fingerprint density at radius 2 is 1.43 bits per heavy atom. The molecule has 2 aliphatic rings. The summed E-state index contributed by atoms with van der Waals surface area (Å²) in [6.45, 7) is 6.32. The molecule has 0 radical (unpaired) electrons. The zero-order valence-corrected chi connectivity index (χ0v) is 20.1. The number of hydrogen-bond donors (Lipinski definition) is 0. The first-order valence-electron chi connectivity index (χ1n) is 9.88. The molecule has 0 unspecified atom stereocenters. The van der Waals surface area contributed by atoms with Crippen molar-refractivity contribution in [3.63, 3.8) is 0 Å². The van der Waals surface area contributed by atoms with Gasteiger partial charge in [-0.2, -0.15) is 0 Å². The molecule has 2 fully saturated rings. The average Bonchev–Trinajstić information content (AvgIpc) is 2.93. The van der Waals surface area contributed by atoms with E-state index in [4.69, 9.17) is 0 Å². The van der Waals surface area contributed by atoms with E-state index in [0.29, 0.717) is 5.70 Å². The summed E-state index contributed by atoms with van der Waals surface area (Å²) in [7, 11) is 4.08. The van der Waals surface area contributed by atoms with Gasteiger partial charge in [0.1, 0.15) is 0 Å². The topological polar surface area (TPSA) is 30.0 Å². The standard InChI is InChI=1S/C23H26N4OSe.ClH/c1-17-4-8-20(9-5-17)27-22(28)21(25(3)23(27)29)16-18-6-10-19(11-7-18)26-14-12-24(2)13-15-26;/h4-11,16H,12-15H2,1-3H3;1H. The Morgan fingerprint density at radius 1 is 0.867 bits per heavy atom. The van der Waals surface area contributed by atoms with Crippen LogP contribution >= 0.6 is 12.4 Å². The van der Waals surface area contributed by atoms with E-state index in [1.165, 1.54) is 11.3 Å². The summed E-state index contributed by atoms with van der Waals surface area (Å²) < 4.78 is 0.791. The van der Waals surface area contributed by atoms with E-state index < -0.39 is 0 Å². The maximum Gasteiger partial charge on any atom is -0.147 e.